The Bertz CT molecular complexity index is 983. The van der Waals surface area contributed by atoms with Crippen molar-refractivity contribution >= 4 is 12.0 Å². The average Bonchev–Trinajstić information content (AvgIpc) is 2.71. The largest absolute Gasteiger partial charge is 0.370 e. The van der Waals surface area contributed by atoms with Crippen LogP contribution in [0.25, 0.3) is 11.8 Å². The van der Waals surface area contributed by atoms with E-state index in [-0.39, 0.29) is 17.1 Å². The maximum Gasteiger partial charge on any atom is 0.352 e. The Morgan fingerprint density at radius 1 is 1.22 bits per heavy atom. The number of benzene rings is 1. The molecule has 7 nitrogen and oxygen atoms in total. The minimum Gasteiger partial charge on any atom is -0.370 e. The van der Waals surface area contributed by atoms with Crippen LogP contribution >= 0.6 is 0 Å². The summed E-state index contributed by atoms with van der Waals surface area (Å²) >= 11 is 0. The van der Waals surface area contributed by atoms with Gasteiger partial charge in [0.15, 0.2) is 5.96 Å². The fourth-order valence-corrected chi connectivity index (χ4v) is 3.44. The summed E-state index contributed by atoms with van der Waals surface area (Å²) in [6.45, 7) is 13.0. The lowest BCUT2D eigenvalue weighted by Gasteiger charge is -2.23. The Morgan fingerprint density at radius 3 is 2.50 bits per heavy atom. The predicted molar refractivity (Wildman–Crippen MR) is 133 cm³/mol. The third-order valence-corrected chi connectivity index (χ3v) is 5.36. The molecular formula is C25H38N6O. The minimum absolute atomic E-state index is 0.0000633. The lowest BCUT2D eigenvalue weighted by Crippen LogP contribution is -2.32. The van der Waals surface area contributed by atoms with Crippen LogP contribution in [0.1, 0.15) is 63.8 Å². The maximum atomic E-state index is 12.6. The highest BCUT2D eigenvalue weighted by atomic mass is 16.1. The van der Waals surface area contributed by atoms with Gasteiger partial charge in [-0.05, 0) is 49.4 Å². The van der Waals surface area contributed by atoms with Crippen molar-refractivity contribution in [3.8, 4) is 5.69 Å². The first kappa shape index (κ1) is 25.3. The number of allylic oxidation sites excluding steroid dienone is 1. The Labute approximate surface area is 191 Å². The summed E-state index contributed by atoms with van der Waals surface area (Å²) < 4.78 is 1.62. The van der Waals surface area contributed by atoms with Crippen LogP contribution in [-0.4, -0.2) is 28.6 Å². The minimum atomic E-state index is -0.267. The molecule has 0 aliphatic rings. The first-order valence-electron chi connectivity index (χ1n) is 11.3. The van der Waals surface area contributed by atoms with Crippen molar-refractivity contribution < 1.29 is 0 Å². The van der Waals surface area contributed by atoms with Crippen molar-refractivity contribution in [1.29, 1.82) is 5.41 Å². The van der Waals surface area contributed by atoms with E-state index in [0.717, 1.165) is 54.9 Å². The van der Waals surface area contributed by atoms with Crippen molar-refractivity contribution in [3.63, 3.8) is 0 Å². The van der Waals surface area contributed by atoms with E-state index in [9.17, 15) is 4.79 Å². The normalized spacial score (nSPS) is 12.1. The quantitative estimate of drug-likeness (QED) is 0.257. The third kappa shape index (κ3) is 7.64. The fourth-order valence-electron chi connectivity index (χ4n) is 3.44. The molecule has 2 rings (SSSR count). The number of aromatic nitrogens is 2. The molecule has 2 aromatic rings. The van der Waals surface area contributed by atoms with Crippen LogP contribution in [-0.2, 0) is 6.54 Å². The lowest BCUT2D eigenvalue weighted by atomic mass is 9.83. The molecule has 0 aliphatic carbocycles. The van der Waals surface area contributed by atoms with Gasteiger partial charge < -0.3 is 16.4 Å². The van der Waals surface area contributed by atoms with Gasteiger partial charge in [0, 0.05) is 24.8 Å². The number of nitrogens with one attached hydrogen (secondary N) is 3. The molecule has 0 aliphatic heterocycles. The van der Waals surface area contributed by atoms with Crippen LogP contribution in [0.4, 0.5) is 0 Å². The molecule has 0 radical (unpaired) electrons. The van der Waals surface area contributed by atoms with Crippen LogP contribution < -0.4 is 22.1 Å². The van der Waals surface area contributed by atoms with E-state index in [1.807, 2.05) is 37.4 Å². The third-order valence-electron chi connectivity index (χ3n) is 5.36. The van der Waals surface area contributed by atoms with Crippen LogP contribution in [0.5, 0.6) is 0 Å². The number of nitrogens with two attached hydrogens (primary N) is 1. The zero-order chi connectivity index (χ0) is 23.7. The van der Waals surface area contributed by atoms with Crippen molar-refractivity contribution in [2.45, 2.75) is 60.4 Å². The van der Waals surface area contributed by atoms with Gasteiger partial charge in [-0.15, -0.1) is 0 Å². The molecule has 0 saturated heterocycles. The highest BCUT2D eigenvalue weighted by molar-refractivity contribution is 5.74. The molecule has 0 saturated carbocycles. The number of hydrogen-bond donors (Lipinski definition) is 4. The van der Waals surface area contributed by atoms with E-state index >= 15 is 0 Å². The molecule has 0 fully saturated rings. The van der Waals surface area contributed by atoms with Gasteiger partial charge >= 0.3 is 5.69 Å². The van der Waals surface area contributed by atoms with Gasteiger partial charge in [0.1, 0.15) is 0 Å². The molecule has 32 heavy (non-hydrogen) atoms. The van der Waals surface area contributed by atoms with Gasteiger partial charge in [0.2, 0.25) is 0 Å². The molecule has 174 valence electrons. The molecule has 0 unspecified atom stereocenters. The van der Waals surface area contributed by atoms with E-state index in [0.29, 0.717) is 6.54 Å². The molecule has 0 amide bonds. The molecule has 1 aromatic heterocycles. The summed E-state index contributed by atoms with van der Waals surface area (Å²) in [5.41, 5.74) is 10.1. The zero-order valence-corrected chi connectivity index (χ0v) is 20.1. The first-order valence-corrected chi connectivity index (χ1v) is 11.3. The predicted octanol–water partition coefficient (Wildman–Crippen LogP) is 3.73. The standard InChI is InChI=1S/C25H38N6O/c1-6-8-21(25(3,4)5)15-20-17-31(24(32)30-18(20)2)22-11-9-19(10-12-22)16-28-13-7-14-29-23(26)27/h9-12,15,17,28H,6-8,13-14,16H2,1-5H3,(H4,26,27,29)/b21-15+. The number of guanidine groups is 1. The SMILES string of the molecule is CCC/C(=C\c1cn(-c2ccc(CNCCCNC(=N)N)cc2)c(=O)nc1C)C(C)(C)C. The van der Waals surface area contributed by atoms with Gasteiger partial charge in [-0.3, -0.25) is 9.98 Å². The Kier molecular flexibility index (Phi) is 9.20. The molecule has 1 aromatic carbocycles. The van der Waals surface area contributed by atoms with Gasteiger partial charge in [0.05, 0.1) is 11.4 Å². The van der Waals surface area contributed by atoms with Crippen molar-refractivity contribution in [2.75, 3.05) is 13.1 Å². The smallest absolute Gasteiger partial charge is 0.352 e. The monoisotopic (exact) mass is 438 g/mol. The molecule has 0 atom stereocenters. The summed E-state index contributed by atoms with van der Waals surface area (Å²) in [5, 5.41) is 13.3. The van der Waals surface area contributed by atoms with Crippen molar-refractivity contribution in [1.82, 2.24) is 20.2 Å². The fraction of sp³-hybridized carbons (Fsp3) is 0.480. The van der Waals surface area contributed by atoms with Crippen LogP contribution in [0.15, 0.2) is 40.8 Å². The van der Waals surface area contributed by atoms with Crippen LogP contribution in [0.2, 0.25) is 0 Å². The van der Waals surface area contributed by atoms with Crippen molar-refractivity contribution in [2.24, 2.45) is 11.1 Å². The summed E-state index contributed by atoms with van der Waals surface area (Å²) in [7, 11) is 0. The molecule has 7 heteroatoms. The van der Waals surface area contributed by atoms with Crippen LogP contribution in [0, 0.1) is 17.7 Å². The zero-order valence-electron chi connectivity index (χ0n) is 20.1. The number of aryl methyl sites for hydroxylation is 1. The van der Waals surface area contributed by atoms with Gasteiger partial charge in [-0.25, -0.2) is 4.79 Å². The molecule has 0 bridgehead atoms. The highest BCUT2D eigenvalue weighted by Gasteiger charge is 2.17. The first-order chi connectivity index (χ1) is 15.1. The number of hydrogen-bond acceptors (Lipinski definition) is 4. The number of rotatable bonds is 10. The second-order valence-corrected chi connectivity index (χ2v) is 9.14. The Balaban J connectivity index is 2.15. The molecule has 1 heterocycles. The van der Waals surface area contributed by atoms with E-state index in [1.165, 1.54) is 5.57 Å². The summed E-state index contributed by atoms with van der Waals surface area (Å²) in [6, 6.07) is 7.96. The lowest BCUT2D eigenvalue weighted by molar-refractivity contribution is 0.484. The average molecular weight is 439 g/mol. The van der Waals surface area contributed by atoms with E-state index in [4.69, 9.17) is 11.1 Å². The Morgan fingerprint density at radius 2 is 1.91 bits per heavy atom. The highest BCUT2D eigenvalue weighted by Crippen LogP contribution is 2.31. The molecule has 5 N–H and O–H groups in total. The number of nitrogens with zero attached hydrogens (tertiary/aromatic N) is 2. The second kappa shape index (κ2) is 11.6. The van der Waals surface area contributed by atoms with Gasteiger partial charge in [0.25, 0.3) is 0 Å². The summed E-state index contributed by atoms with van der Waals surface area (Å²) in [4.78, 5) is 16.9. The van der Waals surface area contributed by atoms with Crippen molar-refractivity contribution in [3.05, 3.63) is 63.3 Å². The van der Waals surface area contributed by atoms with Gasteiger partial charge in [-0.1, -0.05) is 57.9 Å². The van der Waals surface area contributed by atoms with Crippen LogP contribution in [0.3, 0.4) is 0 Å². The molecular weight excluding hydrogens is 400 g/mol. The topological polar surface area (TPSA) is 109 Å². The van der Waals surface area contributed by atoms with E-state index in [2.05, 4.69) is 49.4 Å². The summed E-state index contributed by atoms with van der Waals surface area (Å²) in [5.74, 6) is 0.0000633. The maximum absolute atomic E-state index is 12.6. The second-order valence-electron chi connectivity index (χ2n) is 9.14. The summed E-state index contributed by atoms with van der Waals surface area (Å²) in [6.07, 6.45) is 7.09. The Hall–Kier alpha value is -2.93. The molecule has 0 spiro atoms. The van der Waals surface area contributed by atoms with Gasteiger partial charge in [-0.2, -0.15) is 4.98 Å². The van der Waals surface area contributed by atoms with E-state index < -0.39 is 0 Å². The van der Waals surface area contributed by atoms with E-state index in [1.54, 1.807) is 4.57 Å².